The van der Waals surface area contributed by atoms with Crippen LogP contribution in [0.3, 0.4) is 0 Å². The lowest BCUT2D eigenvalue weighted by Gasteiger charge is -2.41. The van der Waals surface area contributed by atoms with Crippen molar-refractivity contribution in [1.82, 2.24) is 0 Å². The zero-order chi connectivity index (χ0) is 23.8. The Hall–Kier alpha value is -0.240. The molecule has 0 aromatic rings. The number of nitrogens with zero attached hydrogens (tertiary/aromatic N) is 1. The van der Waals surface area contributed by atoms with Crippen LogP contribution in [0.1, 0.15) is 103 Å². The third-order valence-electron chi connectivity index (χ3n) is 7.13. The van der Waals surface area contributed by atoms with Crippen LogP contribution < -0.4 is 0 Å². The van der Waals surface area contributed by atoms with Crippen LogP contribution in [-0.2, 0) is 4.74 Å². The minimum atomic E-state index is -1.27. The molecule has 0 radical (unpaired) electrons. The summed E-state index contributed by atoms with van der Waals surface area (Å²) in [7, 11) is 4.37. The molecule has 0 bridgehead atoms. The predicted octanol–water partition coefficient (Wildman–Crippen LogP) is 3.78. The SMILES string of the molecule is CCCCCCCCCCCCCCCC[N+](C)(C)CC[C@@H]1O[C@H](CO)[C@@H](O)[C@H](O)[C@H]1O. The van der Waals surface area contributed by atoms with Gasteiger partial charge in [-0.2, -0.15) is 0 Å². The van der Waals surface area contributed by atoms with Crippen molar-refractivity contribution in [2.75, 3.05) is 33.8 Å². The fourth-order valence-corrected chi connectivity index (χ4v) is 4.74. The van der Waals surface area contributed by atoms with Gasteiger partial charge in [-0.25, -0.2) is 0 Å². The van der Waals surface area contributed by atoms with E-state index < -0.39 is 30.5 Å². The van der Waals surface area contributed by atoms with Gasteiger partial charge in [0.25, 0.3) is 0 Å². The Morgan fingerprint density at radius 3 is 1.50 bits per heavy atom. The van der Waals surface area contributed by atoms with Gasteiger partial charge in [0.2, 0.25) is 0 Å². The molecule has 1 aliphatic heterocycles. The summed E-state index contributed by atoms with van der Waals surface area (Å²) >= 11 is 0. The van der Waals surface area contributed by atoms with E-state index in [0.717, 1.165) is 17.6 Å². The number of aliphatic hydroxyl groups excluding tert-OH is 4. The van der Waals surface area contributed by atoms with Crippen molar-refractivity contribution >= 4 is 0 Å². The van der Waals surface area contributed by atoms with Crippen LogP contribution in [-0.4, -0.2) is 89.2 Å². The molecule has 0 aliphatic carbocycles. The highest BCUT2D eigenvalue weighted by molar-refractivity contribution is 4.91. The number of hydrogen-bond donors (Lipinski definition) is 4. The Kier molecular flexibility index (Phi) is 16.0. The largest absolute Gasteiger partial charge is 0.394 e. The van der Waals surface area contributed by atoms with Crippen molar-refractivity contribution in [1.29, 1.82) is 0 Å². The maximum Gasteiger partial charge on any atom is 0.111 e. The monoisotopic (exact) mass is 460 g/mol. The van der Waals surface area contributed by atoms with Crippen LogP contribution in [0, 0.1) is 0 Å². The van der Waals surface area contributed by atoms with Gasteiger partial charge in [-0.1, -0.05) is 84.0 Å². The first-order valence-electron chi connectivity index (χ1n) is 13.4. The molecule has 1 fully saturated rings. The molecule has 4 N–H and O–H groups in total. The third-order valence-corrected chi connectivity index (χ3v) is 7.13. The molecule has 0 saturated carbocycles. The van der Waals surface area contributed by atoms with Crippen molar-refractivity contribution in [2.45, 2.75) is 134 Å². The lowest BCUT2D eigenvalue weighted by atomic mass is 9.93. The van der Waals surface area contributed by atoms with Gasteiger partial charge in [0.05, 0.1) is 39.9 Å². The second kappa shape index (κ2) is 17.2. The summed E-state index contributed by atoms with van der Waals surface area (Å²) in [5, 5.41) is 39.4. The molecular formula is C26H54NO5+. The van der Waals surface area contributed by atoms with Crippen LogP contribution in [0.25, 0.3) is 0 Å². The average Bonchev–Trinajstić information content (AvgIpc) is 2.77. The lowest BCUT2D eigenvalue weighted by molar-refractivity contribution is -0.891. The molecule has 32 heavy (non-hydrogen) atoms. The first kappa shape index (κ1) is 29.8. The molecule has 5 atom stereocenters. The number of quaternary nitrogens is 1. The van der Waals surface area contributed by atoms with Gasteiger partial charge in [0, 0.05) is 6.42 Å². The zero-order valence-electron chi connectivity index (χ0n) is 21.3. The molecule has 0 aromatic heterocycles. The molecule has 6 heteroatoms. The molecule has 0 amide bonds. The normalized spacial score (nSPS) is 26.5. The van der Waals surface area contributed by atoms with Crippen molar-refractivity contribution in [3.63, 3.8) is 0 Å². The first-order valence-corrected chi connectivity index (χ1v) is 13.4. The number of rotatable bonds is 19. The molecule has 1 saturated heterocycles. The maximum atomic E-state index is 10.2. The average molecular weight is 461 g/mol. The van der Waals surface area contributed by atoms with Crippen molar-refractivity contribution in [3.05, 3.63) is 0 Å². The van der Waals surface area contributed by atoms with E-state index in [-0.39, 0.29) is 6.61 Å². The summed E-state index contributed by atoms with van der Waals surface area (Å²) in [6, 6.07) is 0. The van der Waals surface area contributed by atoms with Crippen molar-refractivity contribution in [3.8, 4) is 0 Å². The van der Waals surface area contributed by atoms with Gasteiger partial charge in [0.1, 0.15) is 24.4 Å². The molecule has 0 aromatic carbocycles. The van der Waals surface area contributed by atoms with Crippen molar-refractivity contribution in [2.24, 2.45) is 0 Å². The minimum Gasteiger partial charge on any atom is -0.394 e. The standard InChI is InChI=1S/C26H54NO5/c1-4-5-6-7-8-9-10-11-12-13-14-15-16-17-19-27(2,3)20-18-22-24(29)26(31)25(30)23(21-28)32-22/h22-26,28-31H,4-21H2,1-3H3/q+1/t22-,23+,24-,25+,26+/m0/s1. The van der Waals surface area contributed by atoms with Crippen LogP contribution in [0.2, 0.25) is 0 Å². The first-order chi connectivity index (χ1) is 15.3. The van der Waals surface area contributed by atoms with E-state index in [0.29, 0.717) is 6.42 Å². The second-order valence-corrected chi connectivity index (χ2v) is 10.6. The van der Waals surface area contributed by atoms with Gasteiger partial charge in [0.15, 0.2) is 0 Å². The molecule has 1 heterocycles. The fraction of sp³-hybridized carbons (Fsp3) is 1.00. The van der Waals surface area contributed by atoms with Gasteiger partial charge < -0.3 is 29.6 Å². The summed E-state index contributed by atoms with van der Waals surface area (Å²) in [4.78, 5) is 0. The number of hydrogen-bond acceptors (Lipinski definition) is 5. The highest BCUT2D eigenvalue weighted by Gasteiger charge is 2.43. The summed E-state index contributed by atoms with van der Waals surface area (Å²) in [5.41, 5.74) is 0. The van der Waals surface area contributed by atoms with Crippen molar-refractivity contribution < 1.29 is 29.6 Å². The van der Waals surface area contributed by atoms with E-state index in [1.54, 1.807) is 0 Å². The Bertz CT molecular complexity index is 446. The maximum absolute atomic E-state index is 10.2. The zero-order valence-corrected chi connectivity index (χ0v) is 21.3. The topological polar surface area (TPSA) is 90.2 Å². The Balaban J connectivity index is 2.03. The lowest BCUT2D eigenvalue weighted by Crippen LogP contribution is -2.59. The molecule has 192 valence electrons. The number of ether oxygens (including phenoxy) is 1. The van der Waals surface area contributed by atoms with E-state index in [9.17, 15) is 20.4 Å². The van der Waals surface area contributed by atoms with E-state index in [2.05, 4.69) is 21.0 Å². The van der Waals surface area contributed by atoms with Crippen LogP contribution >= 0.6 is 0 Å². The summed E-state index contributed by atoms with van der Waals surface area (Å²) in [6.45, 7) is 3.81. The van der Waals surface area contributed by atoms with Gasteiger partial charge in [-0.3, -0.25) is 0 Å². The van der Waals surface area contributed by atoms with E-state index in [4.69, 9.17) is 4.74 Å². The number of unbranched alkanes of at least 4 members (excludes halogenated alkanes) is 13. The quantitative estimate of drug-likeness (QED) is 0.174. The van der Waals surface area contributed by atoms with Crippen LogP contribution in [0.15, 0.2) is 0 Å². The molecule has 1 aliphatic rings. The second-order valence-electron chi connectivity index (χ2n) is 10.6. The third kappa shape index (κ3) is 12.3. The van der Waals surface area contributed by atoms with Gasteiger partial charge in [-0.05, 0) is 12.8 Å². The molecular weight excluding hydrogens is 406 g/mol. The molecule has 0 spiro atoms. The van der Waals surface area contributed by atoms with E-state index >= 15 is 0 Å². The van der Waals surface area contributed by atoms with Crippen LogP contribution in [0.4, 0.5) is 0 Å². The van der Waals surface area contributed by atoms with Crippen LogP contribution in [0.5, 0.6) is 0 Å². The van der Waals surface area contributed by atoms with E-state index in [1.165, 1.54) is 89.9 Å². The molecule has 1 rings (SSSR count). The predicted molar refractivity (Wildman–Crippen MR) is 131 cm³/mol. The minimum absolute atomic E-state index is 0.362. The molecule has 6 nitrogen and oxygen atoms in total. The summed E-state index contributed by atoms with van der Waals surface area (Å²) in [6.07, 6.45) is 14.6. The van der Waals surface area contributed by atoms with E-state index in [1.807, 2.05) is 0 Å². The number of aliphatic hydroxyl groups is 4. The highest BCUT2D eigenvalue weighted by atomic mass is 16.5. The summed E-state index contributed by atoms with van der Waals surface area (Å²) < 4.78 is 6.47. The Morgan fingerprint density at radius 2 is 1.03 bits per heavy atom. The molecule has 0 unspecified atom stereocenters. The fourth-order valence-electron chi connectivity index (χ4n) is 4.74. The Labute approximate surface area is 197 Å². The van der Waals surface area contributed by atoms with Gasteiger partial charge >= 0.3 is 0 Å². The Morgan fingerprint density at radius 1 is 0.594 bits per heavy atom. The highest BCUT2D eigenvalue weighted by Crippen LogP contribution is 2.24. The van der Waals surface area contributed by atoms with Gasteiger partial charge in [-0.15, -0.1) is 0 Å². The summed E-state index contributed by atoms with van der Waals surface area (Å²) in [5.74, 6) is 0. The smallest absolute Gasteiger partial charge is 0.111 e.